The molecule has 2 saturated carbocycles. The number of aliphatic hydroxyl groups excluding tert-OH is 2. The van der Waals surface area contributed by atoms with E-state index in [0.29, 0.717) is 12.1 Å². The lowest BCUT2D eigenvalue weighted by Crippen LogP contribution is -2.43. The van der Waals surface area contributed by atoms with Crippen molar-refractivity contribution in [1.29, 1.82) is 0 Å². The topological polar surface area (TPSA) is 115 Å². The van der Waals surface area contributed by atoms with Gasteiger partial charge in [-0.15, -0.1) is 0 Å². The quantitative estimate of drug-likeness (QED) is 0.654. The number of nitrogens with zero attached hydrogens (tertiary/aromatic N) is 1. The SMILES string of the molecule is O=C(O)c1ccc(N2C(=O)[C@@H]3[C@@H]4C[C@@H]([C@@H](O)[C@H]4O)[C@H]3C2=O)cc1. The highest BCUT2D eigenvalue weighted by molar-refractivity contribution is 6.22. The number of carbonyl (C=O) groups is 3. The molecule has 7 nitrogen and oxygen atoms in total. The van der Waals surface area contributed by atoms with Crippen LogP contribution in [0.5, 0.6) is 0 Å². The van der Waals surface area contributed by atoms with Crippen LogP contribution in [0.2, 0.25) is 0 Å². The van der Waals surface area contributed by atoms with Crippen molar-refractivity contribution in [2.24, 2.45) is 23.7 Å². The van der Waals surface area contributed by atoms with Crippen molar-refractivity contribution >= 4 is 23.5 Å². The molecule has 2 bridgehead atoms. The third-order valence-corrected chi connectivity index (χ3v) is 5.46. The van der Waals surface area contributed by atoms with E-state index in [4.69, 9.17) is 5.11 Å². The summed E-state index contributed by atoms with van der Waals surface area (Å²) in [4.78, 5) is 37.3. The van der Waals surface area contributed by atoms with Crippen molar-refractivity contribution in [3.8, 4) is 0 Å². The highest BCUT2D eigenvalue weighted by Crippen LogP contribution is 2.56. The highest BCUT2D eigenvalue weighted by atomic mass is 16.4. The first-order chi connectivity index (χ1) is 10.9. The molecule has 6 atom stereocenters. The molecule has 3 aliphatic rings. The number of imide groups is 1. The Morgan fingerprint density at radius 3 is 1.87 bits per heavy atom. The number of aromatic carboxylic acids is 1. The number of benzene rings is 1. The standard InChI is InChI=1S/C16H15NO6/c18-12-8-5-9(13(12)19)11-10(8)14(20)17(15(11)21)7-3-1-6(2-4-7)16(22)23/h1-4,8-13,18-19H,5H2,(H,22,23)/t8-,9+,10-,11-,12-,13+/m1/s1. The number of hydrogen-bond donors (Lipinski definition) is 3. The van der Waals surface area contributed by atoms with Crippen LogP contribution in [-0.2, 0) is 9.59 Å². The monoisotopic (exact) mass is 317 g/mol. The van der Waals surface area contributed by atoms with E-state index in [-0.39, 0.29) is 29.2 Å². The van der Waals surface area contributed by atoms with Gasteiger partial charge in [0.1, 0.15) is 0 Å². The maximum atomic E-state index is 12.7. The van der Waals surface area contributed by atoms with Crippen LogP contribution < -0.4 is 4.90 Å². The molecule has 1 aromatic rings. The molecule has 4 rings (SSSR count). The van der Waals surface area contributed by atoms with Crippen molar-refractivity contribution < 1.29 is 29.7 Å². The van der Waals surface area contributed by atoms with Gasteiger partial charge < -0.3 is 15.3 Å². The molecule has 0 radical (unpaired) electrons. The molecule has 1 aliphatic heterocycles. The number of hydrogen-bond acceptors (Lipinski definition) is 5. The lowest BCUT2D eigenvalue weighted by Gasteiger charge is -2.29. The number of anilines is 1. The Morgan fingerprint density at radius 1 is 0.957 bits per heavy atom. The van der Waals surface area contributed by atoms with Gasteiger partial charge in [-0.05, 0) is 30.7 Å². The Hall–Kier alpha value is -2.25. The van der Waals surface area contributed by atoms with Gasteiger partial charge in [0.15, 0.2) is 0 Å². The second kappa shape index (κ2) is 4.62. The van der Waals surface area contributed by atoms with E-state index in [9.17, 15) is 24.6 Å². The maximum Gasteiger partial charge on any atom is 0.335 e. The second-order valence-corrected chi connectivity index (χ2v) is 6.46. The number of rotatable bonds is 2. The smallest absolute Gasteiger partial charge is 0.335 e. The van der Waals surface area contributed by atoms with Crippen LogP contribution >= 0.6 is 0 Å². The summed E-state index contributed by atoms with van der Waals surface area (Å²) >= 11 is 0. The Balaban J connectivity index is 1.68. The van der Waals surface area contributed by atoms with E-state index in [0.717, 1.165) is 4.90 Å². The molecule has 1 aromatic carbocycles. The molecular weight excluding hydrogens is 302 g/mol. The predicted octanol–water partition coefficient (Wildman–Crippen LogP) is -0.138. The lowest BCUT2D eigenvalue weighted by atomic mass is 9.78. The maximum absolute atomic E-state index is 12.7. The minimum absolute atomic E-state index is 0.0685. The van der Waals surface area contributed by atoms with Gasteiger partial charge in [-0.2, -0.15) is 0 Å². The van der Waals surface area contributed by atoms with Gasteiger partial charge in [-0.1, -0.05) is 0 Å². The third-order valence-electron chi connectivity index (χ3n) is 5.46. The zero-order chi connectivity index (χ0) is 16.5. The summed E-state index contributed by atoms with van der Waals surface area (Å²) in [7, 11) is 0. The minimum Gasteiger partial charge on any atom is -0.478 e. The minimum atomic E-state index is -1.09. The summed E-state index contributed by atoms with van der Waals surface area (Å²) in [5.41, 5.74) is 0.390. The Kier molecular flexibility index (Phi) is 2.88. The Bertz CT molecular complexity index is 682. The van der Waals surface area contributed by atoms with Crippen LogP contribution in [0.15, 0.2) is 24.3 Å². The first-order valence-corrected chi connectivity index (χ1v) is 7.49. The number of fused-ring (bicyclic) bond motifs is 5. The summed E-state index contributed by atoms with van der Waals surface area (Å²) in [6.07, 6.45) is -1.44. The molecule has 2 aliphatic carbocycles. The van der Waals surface area contributed by atoms with Gasteiger partial charge in [0.05, 0.1) is 35.3 Å². The van der Waals surface area contributed by atoms with Gasteiger partial charge in [-0.3, -0.25) is 14.5 Å². The van der Waals surface area contributed by atoms with E-state index in [1.807, 2.05) is 0 Å². The van der Waals surface area contributed by atoms with Crippen LogP contribution in [0.4, 0.5) is 5.69 Å². The average Bonchev–Trinajstić information content (AvgIpc) is 3.12. The third kappa shape index (κ3) is 1.74. The summed E-state index contributed by atoms with van der Waals surface area (Å²) in [6.45, 7) is 0. The molecule has 1 saturated heterocycles. The van der Waals surface area contributed by atoms with E-state index in [1.165, 1.54) is 24.3 Å². The molecule has 120 valence electrons. The number of aliphatic hydroxyl groups is 2. The van der Waals surface area contributed by atoms with Crippen LogP contribution in [0.1, 0.15) is 16.8 Å². The molecule has 3 fully saturated rings. The van der Waals surface area contributed by atoms with Gasteiger partial charge in [0.25, 0.3) is 0 Å². The van der Waals surface area contributed by atoms with Gasteiger partial charge in [0.2, 0.25) is 11.8 Å². The first kappa shape index (κ1) is 14.3. The van der Waals surface area contributed by atoms with Crippen molar-refractivity contribution in [1.82, 2.24) is 0 Å². The van der Waals surface area contributed by atoms with Crippen LogP contribution in [-0.4, -0.2) is 45.3 Å². The molecule has 7 heteroatoms. The summed E-state index contributed by atoms with van der Waals surface area (Å²) in [6, 6.07) is 5.53. The van der Waals surface area contributed by atoms with Crippen LogP contribution in [0, 0.1) is 23.7 Å². The fourth-order valence-electron chi connectivity index (χ4n) is 4.44. The first-order valence-electron chi connectivity index (χ1n) is 7.49. The largest absolute Gasteiger partial charge is 0.478 e. The summed E-state index contributed by atoms with van der Waals surface area (Å²) < 4.78 is 0. The Morgan fingerprint density at radius 2 is 1.43 bits per heavy atom. The molecule has 0 spiro atoms. The molecule has 0 aromatic heterocycles. The predicted molar refractivity (Wildman–Crippen MR) is 76.5 cm³/mol. The van der Waals surface area contributed by atoms with Crippen molar-refractivity contribution in [3.05, 3.63) is 29.8 Å². The van der Waals surface area contributed by atoms with E-state index >= 15 is 0 Å². The van der Waals surface area contributed by atoms with E-state index < -0.39 is 30.0 Å². The fourth-order valence-corrected chi connectivity index (χ4v) is 4.44. The molecule has 3 N–H and O–H groups in total. The van der Waals surface area contributed by atoms with Crippen molar-refractivity contribution in [3.63, 3.8) is 0 Å². The fraction of sp³-hybridized carbons (Fsp3) is 0.438. The van der Waals surface area contributed by atoms with Gasteiger partial charge in [0, 0.05) is 11.8 Å². The average molecular weight is 317 g/mol. The van der Waals surface area contributed by atoms with Crippen molar-refractivity contribution in [2.75, 3.05) is 4.90 Å². The number of carboxylic acid groups (broad SMARTS) is 1. The lowest BCUT2D eigenvalue weighted by molar-refractivity contribution is -0.129. The molecule has 1 heterocycles. The highest BCUT2D eigenvalue weighted by Gasteiger charge is 2.67. The Labute approximate surface area is 131 Å². The molecule has 23 heavy (non-hydrogen) atoms. The van der Waals surface area contributed by atoms with Crippen LogP contribution in [0.3, 0.4) is 0 Å². The second-order valence-electron chi connectivity index (χ2n) is 6.46. The zero-order valence-corrected chi connectivity index (χ0v) is 12.0. The number of carboxylic acids is 1. The van der Waals surface area contributed by atoms with Crippen LogP contribution in [0.25, 0.3) is 0 Å². The summed E-state index contributed by atoms with van der Waals surface area (Å²) in [5.74, 6) is -3.80. The molecule has 2 amide bonds. The van der Waals surface area contributed by atoms with E-state index in [2.05, 4.69) is 0 Å². The number of carbonyl (C=O) groups excluding carboxylic acids is 2. The van der Waals surface area contributed by atoms with E-state index in [1.54, 1.807) is 0 Å². The number of amides is 2. The zero-order valence-electron chi connectivity index (χ0n) is 12.0. The van der Waals surface area contributed by atoms with Crippen molar-refractivity contribution in [2.45, 2.75) is 18.6 Å². The molecule has 0 unspecified atom stereocenters. The molecular formula is C16H15NO6. The summed E-state index contributed by atoms with van der Waals surface area (Å²) in [5, 5.41) is 28.9. The van der Waals surface area contributed by atoms with Gasteiger partial charge >= 0.3 is 5.97 Å². The normalized spacial score (nSPS) is 38.3. The van der Waals surface area contributed by atoms with Gasteiger partial charge in [-0.25, -0.2) is 4.79 Å².